The Morgan fingerprint density at radius 3 is 2.85 bits per heavy atom. The molecule has 1 aliphatic heterocycles. The summed E-state index contributed by atoms with van der Waals surface area (Å²) < 4.78 is 62.5. The normalized spacial score (nSPS) is 16.5. The van der Waals surface area contributed by atoms with Crippen LogP contribution in [0.3, 0.4) is 0 Å². The van der Waals surface area contributed by atoms with Gasteiger partial charge in [-0.05, 0) is 43.2 Å². The number of anilines is 1. The third-order valence-electron chi connectivity index (χ3n) is 5.89. The van der Waals surface area contributed by atoms with Crippen LogP contribution in [0, 0.1) is 11.6 Å². The Bertz CT molecular complexity index is 1310. The van der Waals surface area contributed by atoms with Gasteiger partial charge in [0.2, 0.25) is 0 Å². The van der Waals surface area contributed by atoms with Gasteiger partial charge >= 0.3 is 10.2 Å². The average Bonchev–Trinajstić information content (AvgIpc) is 3.45. The van der Waals surface area contributed by atoms with Crippen LogP contribution in [0.5, 0.6) is 0 Å². The molecular formula is C22H25F2N5O4S. The summed E-state index contributed by atoms with van der Waals surface area (Å²) in [5, 5.41) is 4.13. The smallest absolute Gasteiger partial charge is 0.303 e. The summed E-state index contributed by atoms with van der Waals surface area (Å²) in [6.45, 7) is 0.866. The molecule has 0 bridgehead atoms. The van der Waals surface area contributed by atoms with Gasteiger partial charge in [0.05, 0.1) is 29.9 Å². The van der Waals surface area contributed by atoms with Crippen molar-refractivity contribution < 1.29 is 26.7 Å². The Balaban J connectivity index is 1.62. The lowest BCUT2D eigenvalue weighted by atomic mass is 10.0. The van der Waals surface area contributed by atoms with Crippen molar-refractivity contribution in [1.29, 1.82) is 0 Å². The molecule has 1 saturated heterocycles. The van der Waals surface area contributed by atoms with E-state index in [1.54, 1.807) is 18.3 Å². The highest BCUT2D eigenvalue weighted by Gasteiger charge is 2.30. The van der Waals surface area contributed by atoms with E-state index in [1.807, 2.05) is 9.62 Å². The highest BCUT2D eigenvalue weighted by atomic mass is 32.2. The molecule has 2 aromatic heterocycles. The number of carbonyl (C=O) groups is 1. The van der Waals surface area contributed by atoms with Crippen molar-refractivity contribution in [2.75, 3.05) is 38.8 Å². The number of fused-ring (bicyclic) bond motifs is 1. The first-order chi connectivity index (χ1) is 16.2. The Hall–Kier alpha value is -3.09. The van der Waals surface area contributed by atoms with Gasteiger partial charge in [-0.2, -0.15) is 17.8 Å². The molecular weight excluding hydrogens is 468 g/mol. The largest absolute Gasteiger partial charge is 0.383 e. The molecule has 0 aliphatic carbocycles. The molecule has 1 fully saturated rings. The molecule has 3 heterocycles. The molecule has 3 aromatic rings. The fourth-order valence-corrected chi connectivity index (χ4v) is 4.90. The standard InChI is InChI=1S/C22H25F2N5O4S/c1-27(10-11-33-2)34(31,32)26-22(30)18-14-25-29-9-7-16(13-21(18)29)28-8-3-4-20(28)17-12-15(23)5-6-19(17)24/h5-7,9,12-14,20H,3-4,8,10-11H2,1-2H3,(H,26,30)/t20-/m1/s1. The fourth-order valence-electron chi connectivity index (χ4n) is 4.08. The molecule has 1 amide bonds. The zero-order valence-corrected chi connectivity index (χ0v) is 19.6. The summed E-state index contributed by atoms with van der Waals surface area (Å²) in [6.07, 6.45) is 4.35. The van der Waals surface area contributed by atoms with E-state index >= 15 is 0 Å². The minimum Gasteiger partial charge on any atom is -0.383 e. The van der Waals surface area contributed by atoms with E-state index in [0.29, 0.717) is 24.2 Å². The van der Waals surface area contributed by atoms with Gasteiger partial charge in [-0.25, -0.2) is 18.0 Å². The number of hydrogen-bond acceptors (Lipinski definition) is 6. The molecule has 34 heavy (non-hydrogen) atoms. The second-order valence-corrected chi connectivity index (χ2v) is 9.82. The Morgan fingerprint density at radius 2 is 2.09 bits per heavy atom. The van der Waals surface area contributed by atoms with Crippen molar-refractivity contribution in [2.45, 2.75) is 18.9 Å². The molecule has 9 nitrogen and oxygen atoms in total. The Kier molecular flexibility index (Phi) is 6.82. The van der Waals surface area contributed by atoms with E-state index < -0.39 is 27.8 Å². The van der Waals surface area contributed by atoms with Crippen molar-refractivity contribution in [3.8, 4) is 0 Å². The number of aromatic nitrogens is 2. The van der Waals surface area contributed by atoms with E-state index in [2.05, 4.69) is 5.10 Å². The first-order valence-corrected chi connectivity index (χ1v) is 12.1. The minimum absolute atomic E-state index is 0.0678. The van der Waals surface area contributed by atoms with E-state index in [-0.39, 0.29) is 30.3 Å². The lowest BCUT2D eigenvalue weighted by Crippen LogP contribution is -2.42. The van der Waals surface area contributed by atoms with Crippen molar-refractivity contribution in [2.24, 2.45) is 0 Å². The summed E-state index contributed by atoms with van der Waals surface area (Å²) in [7, 11) is -1.29. The van der Waals surface area contributed by atoms with Crippen LogP contribution in [-0.2, 0) is 14.9 Å². The zero-order chi connectivity index (χ0) is 24.5. The SMILES string of the molecule is COCCN(C)S(=O)(=O)NC(=O)c1cnn2ccc(N3CCC[C@@H]3c3cc(F)ccc3F)cc12. The maximum atomic E-state index is 14.5. The van der Waals surface area contributed by atoms with Crippen LogP contribution in [-0.4, -0.2) is 62.1 Å². The summed E-state index contributed by atoms with van der Waals surface area (Å²) in [5.74, 6) is -1.82. The molecule has 1 atom stereocenters. The number of carbonyl (C=O) groups excluding carboxylic acids is 1. The van der Waals surface area contributed by atoms with Crippen molar-refractivity contribution in [1.82, 2.24) is 18.6 Å². The Labute approximate surface area is 196 Å². The highest BCUT2D eigenvalue weighted by Crippen LogP contribution is 2.38. The van der Waals surface area contributed by atoms with Gasteiger partial charge < -0.3 is 9.64 Å². The van der Waals surface area contributed by atoms with E-state index in [0.717, 1.165) is 22.9 Å². The van der Waals surface area contributed by atoms with Crippen molar-refractivity contribution in [3.05, 3.63) is 65.5 Å². The summed E-state index contributed by atoms with van der Waals surface area (Å²) >= 11 is 0. The fraction of sp³-hybridized carbons (Fsp3) is 0.364. The summed E-state index contributed by atoms with van der Waals surface area (Å²) in [6, 6.07) is 6.51. The molecule has 182 valence electrons. The van der Waals surface area contributed by atoms with E-state index in [9.17, 15) is 22.0 Å². The van der Waals surface area contributed by atoms with E-state index in [1.165, 1.54) is 30.9 Å². The number of halogens is 2. The molecule has 0 saturated carbocycles. The second kappa shape index (κ2) is 9.65. The van der Waals surface area contributed by atoms with Gasteiger partial charge in [0.1, 0.15) is 11.6 Å². The van der Waals surface area contributed by atoms with Gasteiger partial charge in [-0.1, -0.05) is 0 Å². The molecule has 12 heteroatoms. The number of amides is 1. The van der Waals surface area contributed by atoms with Crippen molar-refractivity contribution >= 4 is 27.3 Å². The van der Waals surface area contributed by atoms with Crippen LogP contribution in [0.15, 0.2) is 42.7 Å². The maximum Gasteiger partial charge on any atom is 0.303 e. The molecule has 1 aromatic carbocycles. The lowest BCUT2D eigenvalue weighted by molar-refractivity contribution is 0.0980. The third kappa shape index (κ3) is 4.74. The Morgan fingerprint density at radius 1 is 1.29 bits per heavy atom. The van der Waals surface area contributed by atoms with E-state index in [4.69, 9.17) is 4.74 Å². The van der Waals surface area contributed by atoms with Crippen molar-refractivity contribution in [3.63, 3.8) is 0 Å². The van der Waals surface area contributed by atoms with Crippen LogP contribution in [0.1, 0.15) is 34.8 Å². The number of benzene rings is 1. The summed E-state index contributed by atoms with van der Waals surface area (Å²) in [4.78, 5) is 14.8. The van der Waals surface area contributed by atoms with Crippen LogP contribution in [0.4, 0.5) is 14.5 Å². The van der Waals surface area contributed by atoms with Crippen LogP contribution >= 0.6 is 0 Å². The molecule has 4 rings (SSSR count). The number of hydrogen-bond donors (Lipinski definition) is 1. The lowest BCUT2D eigenvalue weighted by Gasteiger charge is -2.27. The average molecular weight is 494 g/mol. The van der Waals surface area contributed by atoms with Gasteiger partial charge in [0.25, 0.3) is 5.91 Å². The van der Waals surface area contributed by atoms with Gasteiger partial charge in [0, 0.05) is 44.7 Å². The number of nitrogens with zero attached hydrogens (tertiary/aromatic N) is 4. The quantitative estimate of drug-likeness (QED) is 0.518. The third-order valence-corrected chi connectivity index (χ3v) is 7.34. The molecule has 1 aliphatic rings. The first-order valence-electron chi connectivity index (χ1n) is 10.7. The monoisotopic (exact) mass is 493 g/mol. The number of methoxy groups -OCH3 is 1. The molecule has 0 spiro atoms. The predicted molar refractivity (Wildman–Crippen MR) is 122 cm³/mol. The number of nitrogens with one attached hydrogen (secondary N) is 1. The van der Waals surface area contributed by atoms with Crippen LogP contribution in [0.2, 0.25) is 0 Å². The van der Waals surface area contributed by atoms with Gasteiger partial charge in [0.15, 0.2) is 0 Å². The first kappa shape index (κ1) is 24.0. The second-order valence-electron chi connectivity index (χ2n) is 8.04. The highest BCUT2D eigenvalue weighted by molar-refractivity contribution is 7.87. The molecule has 1 N–H and O–H groups in total. The van der Waals surface area contributed by atoms with Crippen LogP contribution < -0.4 is 9.62 Å². The summed E-state index contributed by atoms with van der Waals surface area (Å²) in [5.41, 5.74) is 1.41. The number of ether oxygens (including phenoxy) is 1. The number of rotatable bonds is 8. The number of likely N-dealkylation sites (N-methyl/N-ethyl adjacent to an activating group) is 1. The molecule has 0 radical (unpaired) electrons. The predicted octanol–water partition coefficient (Wildman–Crippen LogP) is 2.51. The van der Waals surface area contributed by atoms with Crippen LogP contribution in [0.25, 0.3) is 5.52 Å². The van der Waals surface area contributed by atoms with Gasteiger partial charge in [-0.15, -0.1) is 0 Å². The number of pyridine rings is 1. The maximum absolute atomic E-state index is 14.5. The topological polar surface area (TPSA) is 96.2 Å². The minimum atomic E-state index is -4.08. The molecule has 0 unspecified atom stereocenters. The van der Waals surface area contributed by atoms with Gasteiger partial charge in [-0.3, -0.25) is 4.79 Å². The zero-order valence-electron chi connectivity index (χ0n) is 18.7.